The molecule has 1 aromatic heterocycles. The fourth-order valence-electron chi connectivity index (χ4n) is 1.74. The number of thioether (sulfide) groups is 2. The standard InChI is InChI=1S/C11H10N2S3/c1-2-4-10-8(3-1)5-9(15-10)6-14-11-12-7-13-16-11/h1-4,7,9H,5-6H2. The van der Waals surface area contributed by atoms with Gasteiger partial charge in [0.15, 0.2) is 4.34 Å². The summed E-state index contributed by atoms with van der Waals surface area (Å²) in [6.45, 7) is 0. The van der Waals surface area contributed by atoms with E-state index in [-0.39, 0.29) is 0 Å². The Balaban J connectivity index is 1.60. The molecule has 2 aromatic rings. The molecule has 0 saturated heterocycles. The summed E-state index contributed by atoms with van der Waals surface area (Å²) < 4.78 is 5.09. The summed E-state index contributed by atoms with van der Waals surface area (Å²) in [6.07, 6.45) is 2.82. The van der Waals surface area contributed by atoms with E-state index in [1.165, 1.54) is 28.4 Å². The van der Waals surface area contributed by atoms with Gasteiger partial charge in [-0.15, -0.1) is 11.8 Å². The van der Waals surface area contributed by atoms with E-state index < -0.39 is 0 Å². The Hall–Kier alpha value is -0.520. The highest BCUT2D eigenvalue weighted by molar-refractivity contribution is 8.04. The third-order valence-corrected chi connectivity index (χ3v) is 5.94. The highest BCUT2D eigenvalue weighted by Gasteiger charge is 2.21. The average Bonchev–Trinajstić information content (AvgIpc) is 2.95. The van der Waals surface area contributed by atoms with Gasteiger partial charge in [0, 0.05) is 15.9 Å². The van der Waals surface area contributed by atoms with Crippen molar-refractivity contribution in [2.75, 3.05) is 5.75 Å². The summed E-state index contributed by atoms with van der Waals surface area (Å²) >= 11 is 5.30. The van der Waals surface area contributed by atoms with Gasteiger partial charge in [-0.2, -0.15) is 4.37 Å². The van der Waals surface area contributed by atoms with Crippen LogP contribution in [0.25, 0.3) is 0 Å². The predicted molar refractivity (Wildman–Crippen MR) is 70.4 cm³/mol. The van der Waals surface area contributed by atoms with Gasteiger partial charge < -0.3 is 0 Å². The molecule has 0 bridgehead atoms. The van der Waals surface area contributed by atoms with Crippen LogP contribution in [0.1, 0.15) is 5.56 Å². The lowest BCUT2D eigenvalue weighted by atomic mass is 10.1. The van der Waals surface area contributed by atoms with Gasteiger partial charge in [-0.1, -0.05) is 30.0 Å². The molecular weight excluding hydrogens is 256 g/mol. The van der Waals surface area contributed by atoms with Crippen molar-refractivity contribution in [3.8, 4) is 0 Å². The SMILES string of the molecule is c1ccc2c(c1)CC(CSc1ncns1)S2. The molecule has 0 radical (unpaired) electrons. The number of aromatic nitrogens is 2. The summed E-state index contributed by atoms with van der Waals surface area (Å²) in [5.41, 5.74) is 1.50. The van der Waals surface area contributed by atoms with Gasteiger partial charge in [0.25, 0.3) is 0 Å². The molecule has 3 rings (SSSR count). The molecule has 2 nitrogen and oxygen atoms in total. The molecule has 0 saturated carbocycles. The molecule has 5 heteroatoms. The molecular formula is C11H10N2S3. The second-order valence-corrected chi connectivity index (χ2v) is 6.96. The van der Waals surface area contributed by atoms with Gasteiger partial charge >= 0.3 is 0 Å². The molecule has 82 valence electrons. The third-order valence-electron chi connectivity index (χ3n) is 2.45. The molecule has 0 fully saturated rings. The van der Waals surface area contributed by atoms with Crippen molar-refractivity contribution >= 4 is 35.1 Å². The van der Waals surface area contributed by atoms with E-state index in [0.29, 0.717) is 5.25 Å². The normalized spacial score (nSPS) is 18.6. The van der Waals surface area contributed by atoms with Crippen LogP contribution in [0.15, 0.2) is 39.8 Å². The Labute approximate surface area is 107 Å². The lowest BCUT2D eigenvalue weighted by Crippen LogP contribution is -2.03. The highest BCUT2D eigenvalue weighted by Crippen LogP contribution is 2.39. The summed E-state index contributed by atoms with van der Waals surface area (Å²) in [5, 5.41) is 0.686. The van der Waals surface area contributed by atoms with Crippen molar-refractivity contribution in [2.24, 2.45) is 0 Å². The first-order valence-corrected chi connectivity index (χ1v) is 7.70. The number of hydrogen-bond donors (Lipinski definition) is 0. The van der Waals surface area contributed by atoms with E-state index in [2.05, 4.69) is 33.6 Å². The second-order valence-electron chi connectivity index (χ2n) is 3.57. The Morgan fingerprint density at radius 1 is 1.38 bits per heavy atom. The van der Waals surface area contributed by atoms with Crippen molar-refractivity contribution in [1.82, 2.24) is 9.36 Å². The first kappa shape index (κ1) is 10.6. The van der Waals surface area contributed by atoms with E-state index in [0.717, 1.165) is 10.1 Å². The average molecular weight is 266 g/mol. The monoisotopic (exact) mass is 266 g/mol. The smallest absolute Gasteiger partial charge is 0.169 e. The number of hydrogen-bond acceptors (Lipinski definition) is 5. The van der Waals surface area contributed by atoms with E-state index in [4.69, 9.17) is 0 Å². The van der Waals surface area contributed by atoms with Gasteiger partial charge in [0.2, 0.25) is 0 Å². The maximum Gasteiger partial charge on any atom is 0.169 e. The molecule has 0 amide bonds. The molecule has 0 spiro atoms. The lowest BCUT2D eigenvalue weighted by Gasteiger charge is -2.04. The molecule has 1 aliphatic heterocycles. The van der Waals surface area contributed by atoms with Crippen molar-refractivity contribution < 1.29 is 0 Å². The van der Waals surface area contributed by atoms with Gasteiger partial charge in [-0.25, -0.2) is 4.98 Å². The lowest BCUT2D eigenvalue weighted by molar-refractivity contribution is 0.969. The van der Waals surface area contributed by atoms with Crippen molar-refractivity contribution in [3.05, 3.63) is 36.2 Å². The van der Waals surface area contributed by atoms with Crippen LogP contribution in [-0.4, -0.2) is 20.4 Å². The van der Waals surface area contributed by atoms with E-state index in [1.54, 1.807) is 6.33 Å². The van der Waals surface area contributed by atoms with E-state index in [9.17, 15) is 0 Å². The van der Waals surface area contributed by atoms with Crippen molar-refractivity contribution in [1.29, 1.82) is 0 Å². The number of benzene rings is 1. The molecule has 1 aromatic carbocycles. The summed E-state index contributed by atoms with van der Waals surface area (Å²) in [4.78, 5) is 5.64. The summed E-state index contributed by atoms with van der Waals surface area (Å²) in [5.74, 6) is 1.12. The molecule has 0 N–H and O–H groups in total. The quantitative estimate of drug-likeness (QED) is 0.796. The predicted octanol–water partition coefficient (Wildman–Crippen LogP) is 3.35. The maximum atomic E-state index is 4.19. The summed E-state index contributed by atoms with van der Waals surface area (Å²) in [7, 11) is 0. The van der Waals surface area contributed by atoms with Crippen LogP contribution < -0.4 is 0 Å². The van der Waals surface area contributed by atoms with Crippen LogP contribution >= 0.6 is 35.1 Å². The fraction of sp³-hybridized carbons (Fsp3) is 0.273. The minimum atomic E-state index is 0.686. The van der Waals surface area contributed by atoms with Crippen LogP contribution in [0.2, 0.25) is 0 Å². The van der Waals surface area contributed by atoms with E-state index in [1.807, 2.05) is 23.5 Å². The van der Waals surface area contributed by atoms with Crippen LogP contribution in [0, 0.1) is 0 Å². The number of rotatable bonds is 3. The Kier molecular flexibility index (Phi) is 3.17. The Morgan fingerprint density at radius 3 is 3.12 bits per heavy atom. The Morgan fingerprint density at radius 2 is 2.31 bits per heavy atom. The largest absolute Gasteiger partial charge is 0.216 e. The minimum absolute atomic E-state index is 0.686. The van der Waals surface area contributed by atoms with E-state index >= 15 is 0 Å². The fourth-order valence-corrected chi connectivity index (χ4v) is 4.69. The Bertz CT molecular complexity index is 445. The maximum absolute atomic E-state index is 4.19. The molecule has 1 unspecified atom stereocenters. The zero-order valence-electron chi connectivity index (χ0n) is 8.50. The van der Waals surface area contributed by atoms with Crippen LogP contribution in [0.5, 0.6) is 0 Å². The first-order chi connectivity index (χ1) is 7.92. The van der Waals surface area contributed by atoms with Crippen LogP contribution in [0.3, 0.4) is 0 Å². The molecule has 2 heterocycles. The summed E-state index contributed by atoms with van der Waals surface area (Å²) in [6, 6.07) is 8.69. The topological polar surface area (TPSA) is 25.8 Å². The molecule has 0 aliphatic carbocycles. The first-order valence-electron chi connectivity index (χ1n) is 5.06. The molecule has 1 aliphatic rings. The van der Waals surface area contributed by atoms with Gasteiger partial charge in [0.05, 0.1) is 0 Å². The molecule has 1 atom stereocenters. The number of fused-ring (bicyclic) bond motifs is 1. The van der Waals surface area contributed by atoms with Crippen molar-refractivity contribution in [2.45, 2.75) is 20.9 Å². The van der Waals surface area contributed by atoms with Crippen LogP contribution in [0.4, 0.5) is 0 Å². The zero-order chi connectivity index (χ0) is 10.8. The van der Waals surface area contributed by atoms with Gasteiger partial charge in [0.1, 0.15) is 6.33 Å². The van der Waals surface area contributed by atoms with Crippen molar-refractivity contribution in [3.63, 3.8) is 0 Å². The van der Waals surface area contributed by atoms with Crippen LogP contribution in [-0.2, 0) is 6.42 Å². The zero-order valence-corrected chi connectivity index (χ0v) is 10.9. The molecule has 16 heavy (non-hydrogen) atoms. The van der Waals surface area contributed by atoms with Gasteiger partial charge in [-0.05, 0) is 29.6 Å². The highest BCUT2D eigenvalue weighted by atomic mass is 32.2. The number of nitrogens with zero attached hydrogens (tertiary/aromatic N) is 2. The van der Waals surface area contributed by atoms with Gasteiger partial charge in [-0.3, -0.25) is 0 Å². The second kappa shape index (κ2) is 4.77. The minimum Gasteiger partial charge on any atom is -0.216 e. The third kappa shape index (κ3) is 2.26.